The van der Waals surface area contributed by atoms with E-state index in [2.05, 4.69) is 0 Å². The summed E-state index contributed by atoms with van der Waals surface area (Å²) in [6, 6.07) is 13.2. The van der Waals surface area contributed by atoms with Gasteiger partial charge in [0.1, 0.15) is 0 Å². The van der Waals surface area contributed by atoms with Gasteiger partial charge in [-0.2, -0.15) is 0 Å². The van der Waals surface area contributed by atoms with E-state index in [1.807, 2.05) is 24.3 Å². The van der Waals surface area contributed by atoms with Gasteiger partial charge in [0.25, 0.3) is 5.91 Å². The Morgan fingerprint density at radius 1 is 1.07 bits per heavy atom. The number of nitrogens with zero attached hydrogens (tertiary/aromatic N) is 1. The highest BCUT2D eigenvalue weighted by Crippen LogP contribution is 2.31. The van der Waals surface area contributed by atoms with Crippen LogP contribution in [0.3, 0.4) is 0 Å². The Labute approximate surface area is 164 Å². The molecule has 0 N–H and O–H groups in total. The lowest BCUT2D eigenvalue weighted by atomic mass is 10.0. The summed E-state index contributed by atoms with van der Waals surface area (Å²) in [6.07, 6.45) is 4.69. The number of para-hydroxylation sites is 2. The molecule has 1 aliphatic heterocycles. The largest absolute Gasteiger partial charge is 0.493 e. The molecule has 0 aliphatic carbocycles. The third kappa shape index (κ3) is 4.34. The van der Waals surface area contributed by atoms with Crippen LogP contribution in [0.25, 0.3) is 6.08 Å². The maximum absolute atomic E-state index is 12.5. The van der Waals surface area contributed by atoms with E-state index < -0.39 is 5.97 Å². The zero-order valence-electron chi connectivity index (χ0n) is 16.0. The van der Waals surface area contributed by atoms with Gasteiger partial charge in [0.05, 0.1) is 14.2 Å². The summed E-state index contributed by atoms with van der Waals surface area (Å²) in [6.45, 7) is 0.330. The molecule has 2 aromatic rings. The molecule has 1 aliphatic rings. The van der Waals surface area contributed by atoms with Crippen LogP contribution < -0.4 is 14.4 Å². The average molecular weight is 381 g/mol. The molecule has 0 unspecified atom stereocenters. The molecule has 2 aromatic carbocycles. The van der Waals surface area contributed by atoms with E-state index >= 15 is 0 Å². The van der Waals surface area contributed by atoms with Crippen molar-refractivity contribution in [1.29, 1.82) is 0 Å². The zero-order valence-corrected chi connectivity index (χ0v) is 16.0. The van der Waals surface area contributed by atoms with Crippen molar-refractivity contribution in [3.05, 3.63) is 59.7 Å². The summed E-state index contributed by atoms with van der Waals surface area (Å²) >= 11 is 0. The van der Waals surface area contributed by atoms with Crippen LogP contribution in [0.2, 0.25) is 0 Å². The molecule has 3 rings (SSSR count). The van der Waals surface area contributed by atoms with Crippen LogP contribution in [0.15, 0.2) is 48.5 Å². The smallest absolute Gasteiger partial charge is 0.331 e. The van der Waals surface area contributed by atoms with Gasteiger partial charge in [-0.25, -0.2) is 4.79 Å². The minimum absolute atomic E-state index is 0.229. The van der Waals surface area contributed by atoms with E-state index in [9.17, 15) is 9.59 Å². The van der Waals surface area contributed by atoms with E-state index in [4.69, 9.17) is 14.2 Å². The van der Waals surface area contributed by atoms with Crippen LogP contribution in [-0.2, 0) is 20.7 Å². The fraction of sp³-hybridized carbons (Fsp3) is 0.273. The van der Waals surface area contributed by atoms with Crippen LogP contribution in [0.4, 0.5) is 5.69 Å². The number of amides is 1. The first-order valence-corrected chi connectivity index (χ1v) is 9.08. The summed E-state index contributed by atoms with van der Waals surface area (Å²) in [5.74, 6) is 0.267. The Kier molecular flexibility index (Phi) is 6.32. The van der Waals surface area contributed by atoms with Crippen LogP contribution in [0.1, 0.15) is 17.5 Å². The van der Waals surface area contributed by atoms with Crippen molar-refractivity contribution in [2.45, 2.75) is 12.8 Å². The Bertz CT molecular complexity index is 890. The highest BCUT2D eigenvalue weighted by molar-refractivity contribution is 5.97. The molecule has 0 radical (unpaired) electrons. The zero-order chi connectivity index (χ0) is 19.9. The van der Waals surface area contributed by atoms with Gasteiger partial charge < -0.3 is 19.1 Å². The number of ether oxygens (including phenoxy) is 3. The first kappa shape index (κ1) is 19.5. The highest BCUT2D eigenvalue weighted by Gasteiger charge is 2.22. The summed E-state index contributed by atoms with van der Waals surface area (Å²) in [7, 11) is 3.08. The van der Waals surface area contributed by atoms with Gasteiger partial charge in [-0.15, -0.1) is 0 Å². The van der Waals surface area contributed by atoms with Crippen molar-refractivity contribution in [3.8, 4) is 11.5 Å². The monoisotopic (exact) mass is 381 g/mol. The van der Waals surface area contributed by atoms with Gasteiger partial charge in [0.2, 0.25) is 0 Å². The maximum atomic E-state index is 12.5. The maximum Gasteiger partial charge on any atom is 0.331 e. The van der Waals surface area contributed by atoms with E-state index in [-0.39, 0.29) is 12.5 Å². The van der Waals surface area contributed by atoms with Crippen molar-refractivity contribution in [2.24, 2.45) is 0 Å². The number of fused-ring (bicyclic) bond motifs is 1. The molecule has 1 amide bonds. The average Bonchev–Trinajstić information content (AvgIpc) is 2.75. The number of rotatable bonds is 6. The summed E-state index contributed by atoms with van der Waals surface area (Å²) in [5.41, 5.74) is 2.71. The normalized spacial score (nSPS) is 13.1. The summed E-state index contributed by atoms with van der Waals surface area (Å²) < 4.78 is 15.7. The predicted molar refractivity (Wildman–Crippen MR) is 107 cm³/mol. The Hall–Kier alpha value is -3.28. The van der Waals surface area contributed by atoms with Gasteiger partial charge in [-0.1, -0.05) is 30.3 Å². The molecule has 0 saturated carbocycles. The molecular weight excluding hydrogens is 358 g/mol. The predicted octanol–water partition coefficient (Wildman–Crippen LogP) is 3.24. The van der Waals surface area contributed by atoms with Crippen LogP contribution in [0.5, 0.6) is 11.5 Å². The fourth-order valence-electron chi connectivity index (χ4n) is 3.25. The van der Waals surface area contributed by atoms with Crippen molar-refractivity contribution >= 4 is 23.6 Å². The molecule has 0 spiro atoms. The fourth-order valence-corrected chi connectivity index (χ4v) is 3.25. The van der Waals surface area contributed by atoms with E-state index in [0.717, 1.165) is 24.1 Å². The van der Waals surface area contributed by atoms with Crippen LogP contribution in [-0.4, -0.2) is 39.2 Å². The first-order chi connectivity index (χ1) is 13.6. The number of aryl methyl sites for hydroxylation is 1. The molecule has 28 heavy (non-hydrogen) atoms. The molecule has 1 heterocycles. The quantitative estimate of drug-likeness (QED) is 0.568. The number of hydrogen-bond donors (Lipinski definition) is 0. The second kappa shape index (κ2) is 9.08. The molecule has 146 valence electrons. The SMILES string of the molecule is COc1cccc(/C=C/C(=O)OCC(=O)N2CCCc3ccccc32)c1OC. The van der Waals surface area contributed by atoms with Crippen molar-refractivity contribution in [1.82, 2.24) is 0 Å². The van der Waals surface area contributed by atoms with Crippen LogP contribution in [0, 0.1) is 0 Å². The third-order valence-electron chi connectivity index (χ3n) is 4.58. The van der Waals surface area contributed by atoms with Crippen molar-refractivity contribution < 1.29 is 23.8 Å². The first-order valence-electron chi connectivity index (χ1n) is 9.08. The van der Waals surface area contributed by atoms with Gasteiger partial charge in [-0.3, -0.25) is 4.79 Å². The summed E-state index contributed by atoms with van der Waals surface area (Å²) in [4.78, 5) is 26.2. The lowest BCUT2D eigenvalue weighted by Crippen LogP contribution is -2.38. The van der Waals surface area contributed by atoms with Gasteiger partial charge in [0.15, 0.2) is 18.1 Å². The molecule has 6 heteroatoms. The van der Waals surface area contributed by atoms with Gasteiger partial charge in [0, 0.05) is 23.9 Å². The molecule has 0 saturated heterocycles. The van der Waals surface area contributed by atoms with Crippen LogP contribution >= 0.6 is 0 Å². The number of anilines is 1. The number of esters is 1. The molecule has 6 nitrogen and oxygen atoms in total. The minimum Gasteiger partial charge on any atom is -0.493 e. The minimum atomic E-state index is -0.594. The molecule has 0 atom stereocenters. The number of carbonyl (C=O) groups excluding carboxylic acids is 2. The number of carbonyl (C=O) groups is 2. The third-order valence-corrected chi connectivity index (χ3v) is 4.58. The Morgan fingerprint density at radius 2 is 1.89 bits per heavy atom. The molecule has 0 bridgehead atoms. The standard InChI is InChI=1S/C22H23NO5/c1-26-19-11-5-8-17(22(19)27-2)12-13-21(25)28-15-20(24)23-14-6-9-16-7-3-4-10-18(16)23/h3-5,7-8,10-13H,6,9,14-15H2,1-2H3/b13-12+. The Balaban J connectivity index is 1.61. The second-order valence-corrected chi connectivity index (χ2v) is 6.30. The molecule has 0 fully saturated rings. The van der Waals surface area contributed by atoms with Gasteiger partial charge in [-0.05, 0) is 36.6 Å². The molecule has 0 aromatic heterocycles. The van der Waals surface area contributed by atoms with Crippen molar-refractivity contribution in [2.75, 3.05) is 32.3 Å². The van der Waals surface area contributed by atoms with E-state index in [1.165, 1.54) is 13.2 Å². The number of hydrogen-bond acceptors (Lipinski definition) is 5. The van der Waals surface area contributed by atoms with E-state index in [1.54, 1.807) is 36.3 Å². The highest BCUT2D eigenvalue weighted by atomic mass is 16.5. The van der Waals surface area contributed by atoms with Gasteiger partial charge >= 0.3 is 5.97 Å². The van der Waals surface area contributed by atoms with Crippen molar-refractivity contribution in [3.63, 3.8) is 0 Å². The lowest BCUT2D eigenvalue weighted by Gasteiger charge is -2.29. The number of methoxy groups -OCH3 is 2. The topological polar surface area (TPSA) is 65.1 Å². The van der Waals surface area contributed by atoms with E-state index in [0.29, 0.717) is 23.6 Å². The Morgan fingerprint density at radius 3 is 2.68 bits per heavy atom. The number of benzene rings is 2. The lowest BCUT2D eigenvalue weighted by molar-refractivity contribution is -0.142. The second-order valence-electron chi connectivity index (χ2n) is 6.30. The molecular formula is C22H23NO5. The summed E-state index contributed by atoms with van der Waals surface area (Å²) in [5, 5.41) is 0.